The Kier molecular flexibility index (Phi) is 4.91. The van der Waals surface area contributed by atoms with Crippen molar-refractivity contribution in [1.29, 1.82) is 0 Å². The third-order valence-electron chi connectivity index (χ3n) is 5.90. The van der Waals surface area contributed by atoms with E-state index < -0.39 is 13.0 Å². The zero-order valence-electron chi connectivity index (χ0n) is 15.6. The molecule has 11 heteroatoms. The molecule has 0 spiro atoms. The molecule has 2 unspecified atom stereocenters. The van der Waals surface area contributed by atoms with Gasteiger partial charge >= 0.3 is 0 Å². The molecule has 1 aliphatic carbocycles. The Bertz CT molecular complexity index is 1100. The number of fused-ring (bicyclic) bond motifs is 2. The summed E-state index contributed by atoms with van der Waals surface area (Å²) >= 11 is 12.6. The molecule has 3 aromatic rings. The first kappa shape index (κ1) is 19.7. The molecule has 158 valence electrons. The van der Waals surface area contributed by atoms with Crippen molar-refractivity contribution in [2.75, 3.05) is 29.9 Å². The van der Waals surface area contributed by atoms with Gasteiger partial charge in [0.15, 0.2) is 5.15 Å². The minimum absolute atomic E-state index is 0.0607. The van der Waals surface area contributed by atoms with Crippen molar-refractivity contribution >= 4 is 51.4 Å². The highest BCUT2D eigenvalue weighted by Gasteiger charge is 2.55. The number of alkyl halides is 2. The first-order valence-corrected chi connectivity index (χ1v) is 10.3. The van der Waals surface area contributed by atoms with Gasteiger partial charge in [-0.05, 0) is 29.9 Å². The van der Waals surface area contributed by atoms with Crippen LogP contribution in [0.4, 0.5) is 26.1 Å². The van der Waals surface area contributed by atoms with Gasteiger partial charge in [0.25, 0.3) is 6.43 Å². The maximum Gasteiger partial charge on any atom is 0.257 e. The third kappa shape index (κ3) is 3.44. The van der Waals surface area contributed by atoms with E-state index in [1.54, 1.807) is 6.20 Å². The van der Waals surface area contributed by atoms with Crippen LogP contribution in [0.25, 0.3) is 10.9 Å². The molecule has 1 saturated heterocycles. The van der Waals surface area contributed by atoms with Gasteiger partial charge in [-0.25, -0.2) is 23.4 Å². The molecule has 0 amide bonds. The molecule has 7 nitrogen and oxygen atoms in total. The van der Waals surface area contributed by atoms with Gasteiger partial charge in [0.05, 0.1) is 28.1 Å². The number of hydrogen-bond acceptors (Lipinski definition) is 6. The van der Waals surface area contributed by atoms with Crippen LogP contribution in [0.5, 0.6) is 0 Å². The highest BCUT2D eigenvalue weighted by molar-refractivity contribution is 6.34. The van der Waals surface area contributed by atoms with Crippen molar-refractivity contribution in [2.24, 2.45) is 17.8 Å². The van der Waals surface area contributed by atoms with Crippen molar-refractivity contribution in [3.05, 3.63) is 34.7 Å². The highest BCUT2D eigenvalue weighted by atomic mass is 35.5. The number of halogens is 4. The first-order chi connectivity index (χ1) is 14.4. The Morgan fingerprint density at radius 3 is 2.67 bits per heavy atom. The van der Waals surface area contributed by atoms with Crippen LogP contribution in [0.2, 0.25) is 10.2 Å². The van der Waals surface area contributed by atoms with Crippen LogP contribution in [-0.2, 0) is 6.54 Å². The minimum atomic E-state index is -2.56. The predicted molar refractivity (Wildman–Crippen MR) is 111 cm³/mol. The predicted octanol–water partition coefficient (Wildman–Crippen LogP) is 3.82. The van der Waals surface area contributed by atoms with Crippen LogP contribution in [-0.4, -0.2) is 51.0 Å². The lowest BCUT2D eigenvalue weighted by Gasteiger charge is -2.23. The second-order valence-electron chi connectivity index (χ2n) is 7.68. The second kappa shape index (κ2) is 7.47. The van der Waals surface area contributed by atoms with E-state index in [0.717, 1.165) is 28.8 Å². The molecule has 1 saturated carbocycles. The zero-order valence-corrected chi connectivity index (χ0v) is 17.2. The number of hydrogen-bond donors (Lipinski definition) is 2. The van der Waals surface area contributed by atoms with Gasteiger partial charge in [0.2, 0.25) is 5.95 Å². The summed E-state index contributed by atoms with van der Waals surface area (Å²) in [5.74, 6) is 1.74. The maximum absolute atomic E-state index is 12.6. The van der Waals surface area contributed by atoms with Crippen molar-refractivity contribution in [1.82, 2.24) is 19.7 Å². The van der Waals surface area contributed by atoms with Crippen molar-refractivity contribution in [3.63, 3.8) is 0 Å². The molecule has 2 N–H and O–H groups in total. The van der Waals surface area contributed by atoms with Gasteiger partial charge in [-0.1, -0.05) is 23.2 Å². The normalized spacial score (nSPS) is 22.7. The molecular weight excluding hydrogens is 437 g/mol. The van der Waals surface area contributed by atoms with Crippen LogP contribution >= 0.6 is 23.2 Å². The average molecular weight is 455 g/mol. The lowest BCUT2D eigenvalue weighted by atomic mass is 10.2. The van der Waals surface area contributed by atoms with E-state index in [1.807, 2.05) is 12.1 Å². The van der Waals surface area contributed by atoms with Crippen LogP contribution in [0, 0.1) is 17.8 Å². The Balaban J connectivity index is 1.39. The summed E-state index contributed by atoms with van der Waals surface area (Å²) < 4.78 is 26.2. The summed E-state index contributed by atoms with van der Waals surface area (Å²) in [7, 11) is 0. The smallest absolute Gasteiger partial charge is 0.257 e. The molecule has 1 aliphatic heterocycles. The molecule has 30 heavy (non-hydrogen) atoms. The molecule has 3 heterocycles. The molecule has 2 aliphatic rings. The molecule has 5 rings (SSSR count). The van der Waals surface area contributed by atoms with E-state index >= 15 is 0 Å². The number of anilines is 3. The monoisotopic (exact) mass is 454 g/mol. The fourth-order valence-corrected chi connectivity index (χ4v) is 4.79. The van der Waals surface area contributed by atoms with Gasteiger partial charge in [0, 0.05) is 31.3 Å². The molecule has 2 aromatic heterocycles. The van der Waals surface area contributed by atoms with Crippen LogP contribution < -0.4 is 10.2 Å². The SMILES string of the molecule is OCC1C2CN(c3cc4nc(Nc5cnn(CC(F)F)c5Cl)ncc4cc3Cl)CC12. The molecule has 2 fully saturated rings. The average Bonchev–Trinajstić information content (AvgIpc) is 3.00. The number of aromatic nitrogens is 4. The number of benzene rings is 1. The van der Waals surface area contributed by atoms with E-state index in [0.29, 0.717) is 34.0 Å². The van der Waals surface area contributed by atoms with Crippen molar-refractivity contribution in [3.8, 4) is 0 Å². The van der Waals surface area contributed by atoms with Gasteiger partial charge in [0.1, 0.15) is 6.54 Å². The number of aliphatic hydroxyl groups is 1. The summed E-state index contributed by atoms with van der Waals surface area (Å²) in [5.41, 5.74) is 1.95. The largest absolute Gasteiger partial charge is 0.396 e. The summed E-state index contributed by atoms with van der Waals surface area (Å²) in [5, 5.41) is 17.6. The quantitative estimate of drug-likeness (QED) is 0.589. The Morgan fingerprint density at radius 2 is 1.97 bits per heavy atom. The van der Waals surface area contributed by atoms with Gasteiger partial charge in [-0.15, -0.1) is 0 Å². The fourth-order valence-electron chi connectivity index (χ4n) is 4.29. The summed E-state index contributed by atoms with van der Waals surface area (Å²) in [6.07, 6.45) is 0.445. The van der Waals surface area contributed by atoms with E-state index in [2.05, 4.69) is 25.3 Å². The van der Waals surface area contributed by atoms with Gasteiger partial charge in [-0.2, -0.15) is 5.10 Å². The molecule has 2 atom stereocenters. The standard InChI is InChI=1S/C19H18Cl2F2N6O/c20-13-1-9-3-24-19(27-15-4-25-29(18(15)21)7-17(22)23)26-14(9)2-16(13)28-5-10-11(6-28)12(10)8-30/h1-4,10-12,17,30H,5-8H2,(H,24,26,27). The van der Waals surface area contributed by atoms with Crippen LogP contribution in [0.15, 0.2) is 24.5 Å². The Hall–Kier alpha value is -2.23. The van der Waals surface area contributed by atoms with Crippen molar-refractivity contribution < 1.29 is 13.9 Å². The number of nitrogens with zero attached hydrogens (tertiary/aromatic N) is 5. The number of nitrogens with one attached hydrogen (secondary N) is 1. The molecule has 0 radical (unpaired) electrons. The highest BCUT2D eigenvalue weighted by Crippen LogP contribution is 2.53. The molecular formula is C19H18Cl2F2N6O. The summed E-state index contributed by atoms with van der Waals surface area (Å²) in [6.45, 7) is 1.40. The van der Waals surface area contributed by atoms with Crippen LogP contribution in [0.3, 0.4) is 0 Å². The molecule has 1 aromatic carbocycles. The lowest BCUT2D eigenvalue weighted by Crippen LogP contribution is -2.25. The van der Waals surface area contributed by atoms with E-state index in [4.69, 9.17) is 23.2 Å². The fraction of sp³-hybridized carbons (Fsp3) is 0.421. The topological polar surface area (TPSA) is 79.1 Å². The van der Waals surface area contributed by atoms with Gasteiger partial charge < -0.3 is 15.3 Å². The van der Waals surface area contributed by atoms with Gasteiger partial charge in [-0.3, -0.25) is 0 Å². The third-order valence-corrected chi connectivity index (χ3v) is 6.61. The zero-order chi connectivity index (χ0) is 21.0. The molecule has 0 bridgehead atoms. The summed E-state index contributed by atoms with van der Waals surface area (Å²) in [6, 6.07) is 3.75. The summed E-state index contributed by atoms with van der Waals surface area (Å²) in [4.78, 5) is 11.0. The maximum atomic E-state index is 12.6. The number of piperidine rings is 1. The lowest BCUT2D eigenvalue weighted by molar-refractivity contribution is 0.122. The number of aliphatic hydroxyl groups excluding tert-OH is 1. The first-order valence-electron chi connectivity index (χ1n) is 9.53. The van der Waals surface area contributed by atoms with E-state index in [-0.39, 0.29) is 17.7 Å². The van der Waals surface area contributed by atoms with Crippen molar-refractivity contribution in [2.45, 2.75) is 13.0 Å². The minimum Gasteiger partial charge on any atom is -0.396 e. The van der Waals surface area contributed by atoms with E-state index in [1.165, 1.54) is 6.20 Å². The Labute approximate surface area is 180 Å². The Morgan fingerprint density at radius 1 is 1.20 bits per heavy atom. The van der Waals surface area contributed by atoms with Crippen LogP contribution in [0.1, 0.15) is 0 Å². The van der Waals surface area contributed by atoms with E-state index in [9.17, 15) is 13.9 Å². The number of rotatable bonds is 6. The second-order valence-corrected chi connectivity index (χ2v) is 8.45.